The molecule has 0 aliphatic carbocycles. The van der Waals surface area contributed by atoms with Crippen molar-refractivity contribution in [3.63, 3.8) is 0 Å². The molecule has 0 atom stereocenters. The van der Waals surface area contributed by atoms with Gasteiger partial charge in [0.15, 0.2) is 0 Å². The van der Waals surface area contributed by atoms with Crippen molar-refractivity contribution in [2.45, 2.75) is 33.6 Å². The first kappa shape index (κ1) is 11.5. The highest BCUT2D eigenvalue weighted by molar-refractivity contribution is 5.84. The van der Waals surface area contributed by atoms with Crippen molar-refractivity contribution < 1.29 is 0 Å². The van der Waals surface area contributed by atoms with E-state index in [1.54, 1.807) is 0 Å². The number of rotatable bonds is 4. The number of amidine groups is 1. The Labute approximate surface area is 76.7 Å². The lowest BCUT2D eigenvalue weighted by Crippen LogP contribution is -2.32. The van der Waals surface area contributed by atoms with Gasteiger partial charge in [-0.1, -0.05) is 13.8 Å². The third kappa shape index (κ3) is 2.84. The predicted octanol–water partition coefficient (Wildman–Crippen LogP) is 2.40. The minimum absolute atomic E-state index is 0.639. The van der Waals surface area contributed by atoms with Crippen molar-refractivity contribution in [3.8, 4) is 0 Å². The molecule has 0 unspecified atom stereocenters. The van der Waals surface area contributed by atoms with Gasteiger partial charge in [0.25, 0.3) is 0 Å². The van der Waals surface area contributed by atoms with Gasteiger partial charge in [-0.15, -0.1) is 0 Å². The minimum Gasteiger partial charge on any atom is -0.363 e. The van der Waals surface area contributed by atoms with E-state index in [0.29, 0.717) is 5.92 Å². The van der Waals surface area contributed by atoms with E-state index in [0.717, 1.165) is 6.54 Å². The van der Waals surface area contributed by atoms with Gasteiger partial charge in [-0.05, 0) is 19.8 Å². The summed E-state index contributed by atoms with van der Waals surface area (Å²) in [5.41, 5.74) is 0. The topological polar surface area (TPSA) is 15.6 Å². The molecule has 0 rings (SSSR count). The summed E-state index contributed by atoms with van der Waals surface area (Å²) < 4.78 is 0. The summed E-state index contributed by atoms with van der Waals surface area (Å²) >= 11 is 0. The van der Waals surface area contributed by atoms with E-state index >= 15 is 0 Å². The fraction of sp³-hybridized carbons (Fsp3) is 0.900. The van der Waals surface area contributed by atoms with Crippen LogP contribution < -0.4 is 0 Å². The molecule has 0 aliphatic heterocycles. The van der Waals surface area contributed by atoms with Crippen LogP contribution in [0, 0.1) is 5.92 Å². The van der Waals surface area contributed by atoms with Crippen molar-refractivity contribution in [2.24, 2.45) is 10.9 Å². The van der Waals surface area contributed by atoms with Gasteiger partial charge >= 0.3 is 0 Å². The Balaban J connectivity index is 4.32. The highest BCUT2D eigenvalue weighted by atomic mass is 15.2. The van der Waals surface area contributed by atoms with Crippen molar-refractivity contribution in [3.05, 3.63) is 0 Å². The van der Waals surface area contributed by atoms with Crippen molar-refractivity contribution >= 4 is 5.84 Å². The molecular weight excluding hydrogens is 148 g/mol. The Morgan fingerprint density at radius 2 is 1.75 bits per heavy atom. The quantitative estimate of drug-likeness (QED) is 0.467. The van der Waals surface area contributed by atoms with Crippen LogP contribution >= 0.6 is 0 Å². The molecule has 0 heterocycles. The van der Waals surface area contributed by atoms with Crippen LogP contribution in [0.4, 0.5) is 0 Å². The fourth-order valence-electron chi connectivity index (χ4n) is 1.48. The Kier molecular flexibility index (Phi) is 5.77. The van der Waals surface area contributed by atoms with Crippen LogP contribution in [-0.4, -0.2) is 31.4 Å². The highest BCUT2D eigenvalue weighted by Gasteiger charge is 2.13. The van der Waals surface area contributed by atoms with E-state index in [9.17, 15) is 0 Å². The molecule has 0 aromatic rings. The largest absolute Gasteiger partial charge is 0.363 e. The smallest absolute Gasteiger partial charge is 0.101 e. The summed E-state index contributed by atoms with van der Waals surface area (Å²) in [4.78, 5) is 6.58. The second kappa shape index (κ2) is 6.04. The van der Waals surface area contributed by atoms with Gasteiger partial charge in [0.1, 0.15) is 5.84 Å². The number of hydrogen-bond donors (Lipinski definition) is 0. The monoisotopic (exact) mass is 170 g/mol. The highest BCUT2D eigenvalue weighted by Crippen LogP contribution is 2.12. The van der Waals surface area contributed by atoms with Crippen LogP contribution in [0.5, 0.6) is 0 Å². The first-order valence-corrected chi connectivity index (χ1v) is 4.88. The molecule has 0 amide bonds. The Bertz CT molecular complexity index is 137. The SMILES string of the molecule is CCC(CC)C(=NC)N(C)CC. The van der Waals surface area contributed by atoms with E-state index in [2.05, 4.69) is 37.7 Å². The summed E-state index contributed by atoms with van der Waals surface area (Å²) in [6, 6.07) is 0. The van der Waals surface area contributed by atoms with E-state index in [4.69, 9.17) is 0 Å². The van der Waals surface area contributed by atoms with Gasteiger partial charge in [-0.25, -0.2) is 0 Å². The number of nitrogens with zero attached hydrogens (tertiary/aromatic N) is 2. The summed E-state index contributed by atoms with van der Waals surface area (Å²) in [5.74, 6) is 1.89. The first-order valence-electron chi connectivity index (χ1n) is 4.88. The number of hydrogen-bond acceptors (Lipinski definition) is 1. The van der Waals surface area contributed by atoms with Gasteiger partial charge in [0.2, 0.25) is 0 Å². The van der Waals surface area contributed by atoms with Gasteiger partial charge in [0.05, 0.1) is 0 Å². The Morgan fingerprint density at radius 3 is 2.00 bits per heavy atom. The minimum atomic E-state index is 0.639. The van der Waals surface area contributed by atoms with Gasteiger partial charge < -0.3 is 4.90 Å². The van der Waals surface area contributed by atoms with Gasteiger partial charge in [-0.3, -0.25) is 4.99 Å². The summed E-state index contributed by atoms with van der Waals surface area (Å²) in [7, 11) is 4.00. The fourth-order valence-corrected chi connectivity index (χ4v) is 1.48. The molecule has 0 saturated carbocycles. The molecule has 0 fully saturated rings. The van der Waals surface area contributed by atoms with Crippen LogP contribution in [0.15, 0.2) is 4.99 Å². The van der Waals surface area contributed by atoms with Crippen molar-refractivity contribution in [1.82, 2.24) is 4.90 Å². The molecule has 0 spiro atoms. The summed E-state index contributed by atoms with van der Waals surface area (Å²) in [6.07, 6.45) is 2.38. The molecule has 0 radical (unpaired) electrons. The van der Waals surface area contributed by atoms with E-state index in [1.807, 2.05) is 7.05 Å². The van der Waals surface area contributed by atoms with E-state index in [-0.39, 0.29) is 0 Å². The second-order valence-corrected chi connectivity index (χ2v) is 3.11. The molecule has 0 saturated heterocycles. The molecule has 0 aliphatic rings. The zero-order chi connectivity index (χ0) is 9.56. The zero-order valence-corrected chi connectivity index (χ0v) is 9.09. The lowest BCUT2D eigenvalue weighted by molar-refractivity contribution is 0.472. The lowest BCUT2D eigenvalue weighted by atomic mass is 10.0. The van der Waals surface area contributed by atoms with Crippen LogP contribution in [-0.2, 0) is 0 Å². The first-order chi connectivity index (χ1) is 5.71. The van der Waals surface area contributed by atoms with Crippen LogP contribution in [0.2, 0.25) is 0 Å². The Morgan fingerprint density at radius 1 is 1.25 bits per heavy atom. The molecule has 2 nitrogen and oxygen atoms in total. The van der Waals surface area contributed by atoms with E-state index in [1.165, 1.54) is 18.7 Å². The van der Waals surface area contributed by atoms with Crippen LogP contribution in [0.25, 0.3) is 0 Å². The molecule has 0 aromatic heterocycles. The summed E-state index contributed by atoms with van der Waals surface area (Å²) in [6.45, 7) is 7.66. The van der Waals surface area contributed by atoms with Gasteiger partial charge in [-0.2, -0.15) is 0 Å². The molecule has 72 valence electrons. The number of aliphatic imine (C=N–C) groups is 1. The summed E-state index contributed by atoms with van der Waals surface area (Å²) in [5, 5.41) is 0. The molecule has 0 bridgehead atoms. The predicted molar refractivity (Wildman–Crippen MR) is 55.7 cm³/mol. The average Bonchev–Trinajstić information content (AvgIpc) is 2.12. The molecule has 12 heavy (non-hydrogen) atoms. The van der Waals surface area contributed by atoms with Crippen LogP contribution in [0.1, 0.15) is 33.6 Å². The van der Waals surface area contributed by atoms with Crippen LogP contribution in [0.3, 0.4) is 0 Å². The van der Waals surface area contributed by atoms with Gasteiger partial charge in [0, 0.05) is 26.6 Å². The third-order valence-corrected chi connectivity index (χ3v) is 2.45. The normalized spacial score (nSPS) is 12.3. The average molecular weight is 170 g/mol. The lowest BCUT2D eigenvalue weighted by Gasteiger charge is -2.25. The molecule has 0 aromatic carbocycles. The molecule has 0 N–H and O–H groups in total. The second-order valence-electron chi connectivity index (χ2n) is 3.11. The van der Waals surface area contributed by atoms with Crippen molar-refractivity contribution in [1.29, 1.82) is 0 Å². The molecular formula is C10H22N2. The maximum absolute atomic E-state index is 4.34. The van der Waals surface area contributed by atoms with Crippen molar-refractivity contribution in [2.75, 3.05) is 20.6 Å². The van der Waals surface area contributed by atoms with E-state index < -0.39 is 0 Å². The molecule has 2 heteroatoms. The maximum Gasteiger partial charge on any atom is 0.101 e. The maximum atomic E-state index is 4.34. The standard InChI is InChI=1S/C10H22N2/c1-6-9(7-2)10(11-4)12(5)8-3/h9H,6-8H2,1-5H3. The zero-order valence-electron chi connectivity index (χ0n) is 9.09. The Hall–Kier alpha value is -0.530. The third-order valence-electron chi connectivity index (χ3n) is 2.45.